The molecule has 32 heavy (non-hydrogen) atoms. The Kier molecular flexibility index (Phi) is 7.31. The van der Waals surface area contributed by atoms with Gasteiger partial charge in [-0.25, -0.2) is 8.42 Å². The summed E-state index contributed by atoms with van der Waals surface area (Å²) in [5.74, 6) is -0.717. The van der Waals surface area contributed by atoms with E-state index in [2.05, 4.69) is 4.72 Å². The summed E-state index contributed by atoms with van der Waals surface area (Å²) in [5.41, 5.74) is 5.88. The van der Waals surface area contributed by atoms with E-state index in [1.807, 2.05) is 0 Å². The molecule has 176 valence electrons. The van der Waals surface area contributed by atoms with Crippen molar-refractivity contribution in [1.29, 1.82) is 0 Å². The number of nitrogens with two attached hydrogens (primary N) is 1. The first kappa shape index (κ1) is 24.3. The summed E-state index contributed by atoms with van der Waals surface area (Å²) < 4.78 is 27.9. The molecule has 1 unspecified atom stereocenters. The molecule has 3 amide bonds. The first-order chi connectivity index (χ1) is 15.0. The maximum Gasteiger partial charge on any atom is 0.242 e. The number of carbonyl (C=O) groups is 3. The minimum absolute atomic E-state index is 0.0419. The third-order valence-electron chi connectivity index (χ3n) is 6.00. The lowest BCUT2D eigenvalue weighted by molar-refractivity contribution is -0.142. The Morgan fingerprint density at radius 3 is 2.66 bits per heavy atom. The fourth-order valence-corrected chi connectivity index (χ4v) is 5.44. The van der Waals surface area contributed by atoms with E-state index in [-0.39, 0.29) is 40.0 Å². The van der Waals surface area contributed by atoms with Crippen molar-refractivity contribution in [2.75, 3.05) is 39.0 Å². The van der Waals surface area contributed by atoms with Crippen molar-refractivity contribution in [2.45, 2.75) is 43.2 Å². The highest BCUT2D eigenvalue weighted by Gasteiger charge is 2.36. The molecule has 2 atom stereocenters. The van der Waals surface area contributed by atoms with Crippen LogP contribution in [-0.2, 0) is 24.4 Å². The highest BCUT2D eigenvalue weighted by atomic mass is 35.5. The molecule has 0 bridgehead atoms. The first-order valence-corrected chi connectivity index (χ1v) is 12.2. The van der Waals surface area contributed by atoms with Gasteiger partial charge in [-0.3, -0.25) is 14.4 Å². The van der Waals surface area contributed by atoms with E-state index in [0.29, 0.717) is 38.9 Å². The summed E-state index contributed by atoms with van der Waals surface area (Å²) >= 11 is 5.92. The molecule has 0 spiro atoms. The van der Waals surface area contributed by atoms with Crippen molar-refractivity contribution < 1.29 is 22.8 Å². The van der Waals surface area contributed by atoms with Crippen molar-refractivity contribution in [3.05, 3.63) is 23.2 Å². The van der Waals surface area contributed by atoms with Crippen LogP contribution in [0.3, 0.4) is 0 Å². The van der Waals surface area contributed by atoms with E-state index < -0.39 is 22.0 Å². The number of amides is 3. The van der Waals surface area contributed by atoms with Gasteiger partial charge in [0.05, 0.1) is 28.2 Å². The molecule has 3 rings (SSSR count). The van der Waals surface area contributed by atoms with Gasteiger partial charge in [-0.15, -0.1) is 0 Å². The molecule has 1 aromatic rings. The predicted molar refractivity (Wildman–Crippen MR) is 119 cm³/mol. The number of piperidine rings is 1. The molecule has 0 saturated carbocycles. The highest BCUT2D eigenvalue weighted by Crippen LogP contribution is 2.23. The Morgan fingerprint density at radius 2 is 2.00 bits per heavy atom. The number of carbonyl (C=O) groups excluding carboxylic acids is 3. The van der Waals surface area contributed by atoms with Crippen LogP contribution >= 0.6 is 11.6 Å². The standard InChI is InChI=1S/C20H28ClN5O5S/c1-13(27)24(2)14-7-9-25(11-14)19(28)12-26-8-3-4-18(20(26)29)23-32(30,31)15-5-6-17(22)16(21)10-15/h5-6,10,14,18,23H,3-4,7-9,11-12,22H2,1-2H3/t14?,18-/m0/s1. The smallest absolute Gasteiger partial charge is 0.242 e. The quantitative estimate of drug-likeness (QED) is 0.556. The summed E-state index contributed by atoms with van der Waals surface area (Å²) in [4.78, 5) is 41.8. The molecule has 2 heterocycles. The maximum atomic E-state index is 12.9. The molecule has 2 fully saturated rings. The number of halogens is 1. The molecular formula is C20H28ClN5O5S. The van der Waals surface area contributed by atoms with Gasteiger partial charge in [0.1, 0.15) is 6.04 Å². The summed E-state index contributed by atoms with van der Waals surface area (Å²) in [6, 6.07) is 2.93. The number of rotatable bonds is 6. The van der Waals surface area contributed by atoms with Gasteiger partial charge in [-0.1, -0.05) is 11.6 Å². The van der Waals surface area contributed by atoms with Crippen LogP contribution in [0.1, 0.15) is 26.2 Å². The largest absolute Gasteiger partial charge is 0.398 e. The number of likely N-dealkylation sites (N-methyl/N-ethyl adjacent to an activating group) is 1. The molecule has 2 saturated heterocycles. The molecule has 0 aliphatic carbocycles. The zero-order valence-electron chi connectivity index (χ0n) is 18.1. The van der Waals surface area contributed by atoms with Gasteiger partial charge < -0.3 is 20.4 Å². The molecule has 2 aliphatic heterocycles. The SMILES string of the molecule is CC(=O)N(C)C1CCN(C(=O)CN2CCC[C@H](NS(=O)(=O)c3ccc(N)c(Cl)c3)C2=O)C1. The maximum absolute atomic E-state index is 12.9. The molecule has 10 nitrogen and oxygen atoms in total. The third kappa shape index (κ3) is 5.33. The van der Waals surface area contributed by atoms with E-state index in [0.717, 1.165) is 0 Å². The zero-order chi connectivity index (χ0) is 23.6. The predicted octanol–water partition coefficient (Wildman–Crippen LogP) is 0.271. The highest BCUT2D eigenvalue weighted by molar-refractivity contribution is 7.89. The van der Waals surface area contributed by atoms with Crippen molar-refractivity contribution in [1.82, 2.24) is 19.4 Å². The van der Waals surface area contributed by atoms with E-state index >= 15 is 0 Å². The number of nitrogens with one attached hydrogen (secondary N) is 1. The molecule has 12 heteroatoms. The Balaban J connectivity index is 1.62. The second-order valence-corrected chi connectivity index (χ2v) is 10.3. The summed E-state index contributed by atoms with van der Waals surface area (Å²) in [6.07, 6.45) is 1.58. The Morgan fingerprint density at radius 1 is 1.28 bits per heavy atom. The fraction of sp³-hybridized carbons (Fsp3) is 0.550. The topological polar surface area (TPSA) is 133 Å². The van der Waals surface area contributed by atoms with Crippen LogP contribution in [-0.4, -0.2) is 86.1 Å². The molecule has 1 aromatic carbocycles. The number of likely N-dealkylation sites (tertiary alicyclic amines) is 2. The Hall–Kier alpha value is -2.37. The minimum Gasteiger partial charge on any atom is -0.398 e. The summed E-state index contributed by atoms with van der Waals surface area (Å²) in [5, 5.41) is 0.106. The summed E-state index contributed by atoms with van der Waals surface area (Å²) in [6.45, 7) is 2.67. The molecule has 0 radical (unpaired) electrons. The van der Waals surface area contributed by atoms with E-state index in [1.54, 1.807) is 16.8 Å². The lowest BCUT2D eigenvalue weighted by Gasteiger charge is -2.33. The van der Waals surface area contributed by atoms with Crippen molar-refractivity contribution >= 4 is 45.0 Å². The van der Waals surface area contributed by atoms with Crippen LogP contribution in [0, 0.1) is 0 Å². The van der Waals surface area contributed by atoms with Crippen LogP contribution in [0.5, 0.6) is 0 Å². The van der Waals surface area contributed by atoms with Gasteiger partial charge in [0.2, 0.25) is 27.7 Å². The second-order valence-electron chi connectivity index (χ2n) is 8.17. The van der Waals surface area contributed by atoms with Crippen LogP contribution < -0.4 is 10.5 Å². The third-order valence-corrected chi connectivity index (χ3v) is 7.79. The number of sulfonamides is 1. The number of hydrogen-bond acceptors (Lipinski definition) is 6. The number of nitrogens with zero attached hydrogens (tertiary/aromatic N) is 3. The van der Waals surface area contributed by atoms with Crippen LogP contribution in [0.4, 0.5) is 5.69 Å². The Bertz CT molecular complexity index is 1020. The molecule has 0 aromatic heterocycles. The zero-order valence-corrected chi connectivity index (χ0v) is 19.7. The molecule has 3 N–H and O–H groups in total. The van der Waals surface area contributed by atoms with Gasteiger partial charge in [-0.2, -0.15) is 4.72 Å². The van der Waals surface area contributed by atoms with Gasteiger partial charge in [0.15, 0.2) is 0 Å². The van der Waals surface area contributed by atoms with E-state index in [1.165, 1.54) is 30.0 Å². The first-order valence-electron chi connectivity index (χ1n) is 10.4. The van der Waals surface area contributed by atoms with Gasteiger partial charge >= 0.3 is 0 Å². The van der Waals surface area contributed by atoms with Gasteiger partial charge in [0, 0.05) is 33.6 Å². The van der Waals surface area contributed by atoms with Crippen LogP contribution in [0.25, 0.3) is 0 Å². The van der Waals surface area contributed by atoms with Crippen LogP contribution in [0.15, 0.2) is 23.1 Å². The normalized spacial score (nSPS) is 21.7. The fourth-order valence-electron chi connectivity index (χ4n) is 3.94. The lowest BCUT2D eigenvalue weighted by Crippen LogP contribution is -2.54. The van der Waals surface area contributed by atoms with Crippen molar-refractivity contribution in [2.24, 2.45) is 0 Å². The lowest BCUT2D eigenvalue weighted by atomic mass is 10.1. The van der Waals surface area contributed by atoms with Crippen molar-refractivity contribution in [3.8, 4) is 0 Å². The monoisotopic (exact) mass is 485 g/mol. The van der Waals surface area contributed by atoms with E-state index in [4.69, 9.17) is 17.3 Å². The average Bonchev–Trinajstić information content (AvgIpc) is 3.22. The van der Waals surface area contributed by atoms with E-state index in [9.17, 15) is 22.8 Å². The number of anilines is 1. The molecule has 2 aliphatic rings. The van der Waals surface area contributed by atoms with Gasteiger partial charge in [0.25, 0.3) is 0 Å². The van der Waals surface area contributed by atoms with Gasteiger partial charge in [-0.05, 0) is 37.5 Å². The molecular weight excluding hydrogens is 458 g/mol. The van der Waals surface area contributed by atoms with Crippen molar-refractivity contribution in [3.63, 3.8) is 0 Å². The number of nitrogen functional groups attached to an aromatic ring is 1. The number of hydrogen-bond donors (Lipinski definition) is 2. The number of benzene rings is 1. The van der Waals surface area contributed by atoms with Crippen LogP contribution in [0.2, 0.25) is 5.02 Å². The average molecular weight is 486 g/mol. The Labute approximate surface area is 192 Å². The summed E-state index contributed by atoms with van der Waals surface area (Å²) in [7, 11) is -2.29. The minimum atomic E-state index is -3.99. The second kappa shape index (κ2) is 9.63.